The Balaban J connectivity index is 2.50. The lowest BCUT2D eigenvalue weighted by Gasteiger charge is -2.19. The number of ether oxygens (including phenoxy) is 1. The molecule has 1 amide bonds. The van der Waals surface area contributed by atoms with Gasteiger partial charge in [0.1, 0.15) is 18.2 Å². The second-order valence-corrected chi connectivity index (χ2v) is 4.66. The zero-order valence-electron chi connectivity index (χ0n) is 12.2. The molecule has 4 nitrogen and oxygen atoms in total. The molecule has 0 aliphatic rings. The first-order valence-corrected chi connectivity index (χ1v) is 7.50. The Hall–Kier alpha value is -1.26. The van der Waals surface area contributed by atoms with Crippen molar-refractivity contribution in [2.45, 2.75) is 20.4 Å². The van der Waals surface area contributed by atoms with Crippen molar-refractivity contribution in [3.63, 3.8) is 0 Å². The molecule has 5 heteroatoms. The van der Waals surface area contributed by atoms with Gasteiger partial charge in [0.25, 0.3) is 0 Å². The maximum Gasteiger partial charge on any atom is 0.235 e. The van der Waals surface area contributed by atoms with E-state index < -0.39 is 0 Å². The number of para-hydroxylation sites is 1. The molecule has 0 bridgehead atoms. The Morgan fingerprint density at radius 3 is 2.65 bits per heavy atom. The number of likely N-dealkylation sites (N-methyl/N-ethyl adjacent to an activating group) is 1. The number of benzene rings is 1. The number of hydrogen-bond donors (Lipinski definition) is 1. The zero-order chi connectivity index (χ0) is 14.8. The van der Waals surface area contributed by atoms with E-state index in [1.54, 1.807) is 0 Å². The van der Waals surface area contributed by atoms with E-state index in [0.717, 1.165) is 30.9 Å². The quantitative estimate of drug-likeness (QED) is 0.711. The zero-order valence-corrected chi connectivity index (χ0v) is 12.9. The number of amides is 1. The normalized spacial score (nSPS) is 10.6. The van der Waals surface area contributed by atoms with Crippen molar-refractivity contribution in [3.8, 4) is 5.75 Å². The number of hydrogen-bond acceptors (Lipinski definition) is 3. The number of nitrogens with one attached hydrogen (secondary N) is 1. The molecule has 0 saturated carbocycles. The maximum absolute atomic E-state index is 11.2. The predicted octanol–water partition coefficient (Wildman–Crippen LogP) is 2.26. The highest BCUT2D eigenvalue weighted by Gasteiger charge is 2.06. The highest BCUT2D eigenvalue weighted by atomic mass is 35.5. The minimum Gasteiger partial charge on any atom is -0.492 e. The van der Waals surface area contributed by atoms with Crippen molar-refractivity contribution >= 4 is 17.5 Å². The average molecular weight is 299 g/mol. The number of nitrogens with zero attached hydrogens (tertiary/aromatic N) is 1. The van der Waals surface area contributed by atoms with Gasteiger partial charge in [0, 0.05) is 18.7 Å². The number of rotatable bonds is 9. The molecule has 0 unspecified atom stereocenters. The lowest BCUT2D eigenvalue weighted by atomic mass is 10.2. The summed E-state index contributed by atoms with van der Waals surface area (Å²) in [5, 5.41) is 2.75. The largest absolute Gasteiger partial charge is 0.492 e. The standard InChI is InChI=1S/C15H23ClN2O2/c1-3-18(4-2)9-10-20-14-8-6-5-7-13(14)12-17-15(19)11-16/h5-8H,3-4,9-12H2,1-2H3,(H,17,19). The van der Waals surface area contributed by atoms with Crippen molar-refractivity contribution in [1.29, 1.82) is 0 Å². The van der Waals surface area contributed by atoms with Gasteiger partial charge in [-0.3, -0.25) is 4.79 Å². The van der Waals surface area contributed by atoms with Crippen LogP contribution in [0.4, 0.5) is 0 Å². The molecule has 112 valence electrons. The van der Waals surface area contributed by atoms with Crippen molar-refractivity contribution in [2.24, 2.45) is 0 Å². The third-order valence-corrected chi connectivity index (χ3v) is 3.37. The van der Waals surface area contributed by atoms with Crippen molar-refractivity contribution in [2.75, 3.05) is 32.1 Å². The highest BCUT2D eigenvalue weighted by molar-refractivity contribution is 6.27. The average Bonchev–Trinajstić information content (AvgIpc) is 2.50. The smallest absolute Gasteiger partial charge is 0.235 e. The van der Waals surface area contributed by atoms with Gasteiger partial charge in [-0.25, -0.2) is 0 Å². The van der Waals surface area contributed by atoms with Gasteiger partial charge in [-0.05, 0) is 19.2 Å². The summed E-state index contributed by atoms with van der Waals surface area (Å²) in [6.07, 6.45) is 0. The summed E-state index contributed by atoms with van der Waals surface area (Å²) >= 11 is 5.46. The molecule has 0 saturated heterocycles. The van der Waals surface area contributed by atoms with Crippen LogP contribution in [0, 0.1) is 0 Å². The monoisotopic (exact) mass is 298 g/mol. The number of carbonyl (C=O) groups excluding carboxylic acids is 1. The van der Waals surface area contributed by atoms with Crippen LogP contribution in [0.15, 0.2) is 24.3 Å². The van der Waals surface area contributed by atoms with E-state index in [1.807, 2.05) is 24.3 Å². The summed E-state index contributed by atoms with van der Waals surface area (Å²) in [6, 6.07) is 7.73. The Labute approximate surface area is 126 Å². The molecule has 1 aromatic rings. The summed E-state index contributed by atoms with van der Waals surface area (Å²) in [6.45, 7) is 8.29. The minimum absolute atomic E-state index is 0.0228. The Kier molecular flexibility index (Phi) is 8.07. The first-order valence-electron chi connectivity index (χ1n) is 6.97. The van der Waals surface area contributed by atoms with Crippen LogP contribution in [0.3, 0.4) is 0 Å². The first kappa shape index (κ1) is 16.8. The van der Waals surface area contributed by atoms with Gasteiger partial charge < -0.3 is 15.0 Å². The van der Waals surface area contributed by atoms with Crippen LogP contribution < -0.4 is 10.1 Å². The number of carbonyl (C=O) groups is 1. The topological polar surface area (TPSA) is 41.6 Å². The fourth-order valence-corrected chi connectivity index (χ4v) is 1.95. The molecular formula is C15H23ClN2O2. The van der Waals surface area contributed by atoms with E-state index in [2.05, 4.69) is 24.1 Å². The van der Waals surface area contributed by atoms with Crippen molar-refractivity contribution < 1.29 is 9.53 Å². The molecule has 0 aromatic heterocycles. The maximum atomic E-state index is 11.2. The lowest BCUT2D eigenvalue weighted by molar-refractivity contribution is -0.118. The molecule has 1 N–H and O–H groups in total. The van der Waals surface area contributed by atoms with Crippen LogP contribution >= 0.6 is 11.6 Å². The van der Waals surface area contributed by atoms with Crippen molar-refractivity contribution in [1.82, 2.24) is 10.2 Å². The molecular weight excluding hydrogens is 276 g/mol. The Morgan fingerprint density at radius 1 is 1.30 bits per heavy atom. The van der Waals surface area contributed by atoms with E-state index in [4.69, 9.17) is 16.3 Å². The molecule has 0 heterocycles. The lowest BCUT2D eigenvalue weighted by Crippen LogP contribution is -2.28. The van der Waals surface area contributed by atoms with Gasteiger partial charge in [0.15, 0.2) is 0 Å². The van der Waals surface area contributed by atoms with Gasteiger partial charge in [0.05, 0.1) is 0 Å². The molecule has 0 atom stereocenters. The highest BCUT2D eigenvalue weighted by Crippen LogP contribution is 2.17. The minimum atomic E-state index is -0.176. The summed E-state index contributed by atoms with van der Waals surface area (Å²) in [4.78, 5) is 13.5. The fourth-order valence-electron chi connectivity index (χ4n) is 1.86. The number of halogens is 1. The van der Waals surface area contributed by atoms with E-state index >= 15 is 0 Å². The van der Waals surface area contributed by atoms with Gasteiger partial charge in [0.2, 0.25) is 5.91 Å². The Bertz CT molecular complexity index is 409. The summed E-state index contributed by atoms with van der Waals surface area (Å²) in [5.74, 6) is 0.615. The van der Waals surface area contributed by atoms with Gasteiger partial charge in [-0.2, -0.15) is 0 Å². The first-order chi connectivity index (χ1) is 9.71. The molecule has 20 heavy (non-hydrogen) atoms. The van der Waals surface area contributed by atoms with Crippen molar-refractivity contribution in [3.05, 3.63) is 29.8 Å². The van der Waals surface area contributed by atoms with Crippen LogP contribution in [0.1, 0.15) is 19.4 Å². The Morgan fingerprint density at radius 2 is 2.00 bits per heavy atom. The second kappa shape index (κ2) is 9.61. The van der Waals surface area contributed by atoms with Crippen LogP contribution in [0.2, 0.25) is 0 Å². The third-order valence-electron chi connectivity index (χ3n) is 3.13. The molecule has 0 aliphatic heterocycles. The van der Waals surface area contributed by atoms with E-state index in [9.17, 15) is 4.79 Å². The van der Waals surface area contributed by atoms with E-state index in [1.165, 1.54) is 0 Å². The van der Waals surface area contributed by atoms with Crippen LogP contribution in [0.5, 0.6) is 5.75 Å². The predicted molar refractivity (Wildman–Crippen MR) is 82.3 cm³/mol. The molecule has 0 radical (unpaired) electrons. The third kappa shape index (κ3) is 5.80. The van der Waals surface area contributed by atoms with Gasteiger partial charge >= 0.3 is 0 Å². The SMILES string of the molecule is CCN(CC)CCOc1ccccc1CNC(=O)CCl. The second-order valence-electron chi connectivity index (χ2n) is 4.39. The van der Waals surface area contributed by atoms with Gasteiger partial charge in [-0.1, -0.05) is 32.0 Å². The molecule has 0 spiro atoms. The summed E-state index contributed by atoms with van der Waals surface area (Å²) in [7, 11) is 0. The van der Waals surface area contributed by atoms with E-state index in [0.29, 0.717) is 13.2 Å². The van der Waals surface area contributed by atoms with Crippen LogP contribution in [-0.4, -0.2) is 42.9 Å². The summed E-state index contributed by atoms with van der Waals surface area (Å²) < 4.78 is 5.81. The summed E-state index contributed by atoms with van der Waals surface area (Å²) in [5.41, 5.74) is 0.963. The van der Waals surface area contributed by atoms with E-state index in [-0.39, 0.29) is 11.8 Å². The van der Waals surface area contributed by atoms with Crippen LogP contribution in [-0.2, 0) is 11.3 Å². The van der Waals surface area contributed by atoms with Crippen LogP contribution in [0.25, 0.3) is 0 Å². The molecule has 0 fully saturated rings. The molecule has 1 rings (SSSR count). The molecule has 0 aliphatic carbocycles. The molecule has 1 aromatic carbocycles. The van der Waals surface area contributed by atoms with Gasteiger partial charge in [-0.15, -0.1) is 11.6 Å². The fraction of sp³-hybridized carbons (Fsp3) is 0.533. The number of alkyl halides is 1.